The van der Waals surface area contributed by atoms with Crippen LogP contribution in [0.25, 0.3) is 11.3 Å². The number of aromatic nitrogens is 3. The molecule has 26 heavy (non-hydrogen) atoms. The maximum atomic E-state index is 13.5. The molecule has 1 saturated heterocycles. The zero-order valence-electron chi connectivity index (χ0n) is 14.5. The van der Waals surface area contributed by atoms with Crippen molar-refractivity contribution in [1.82, 2.24) is 25.2 Å². The molecule has 1 unspecified atom stereocenters. The molecule has 4 rings (SSSR count). The van der Waals surface area contributed by atoms with Crippen molar-refractivity contribution in [2.24, 2.45) is 5.92 Å². The minimum Gasteiger partial charge on any atom is -0.375 e. The zero-order valence-corrected chi connectivity index (χ0v) is 14.5. The molecule has 1 N–H and O–H groups in total. The number of likely N-dealkylation sites (tertiary alicyclic amines) is 1. The molecule has 2 aromatic rings. The SMILES string of the molecule is O=C(NCC1COCc2c(-c3cccc(F)c3)nnn2C1)N1CCCC1. The quantitative estimate of drug-likeness (QED) is 0.910. The van der Waals surface area contributed by atoms with Crippen LogP contribution in [0.4, 0.5) is 9.18 Å². The second-order valence-electron chi connectivity index (χ2n) is 6.84. The first-order valence-electron chi connectivity index (χ1n) is 8.99. The van der Waals surface area contributed by atoms with Gasteiger partial charge in [-0.2, -0.15) is 0 Å². The number of rotatable bonds is 3. The highest BCUT2D eigenvalue weighted by atomic mass is 19.1. The Morgan fingerprint density at radius 3 is 3.00 bits per heavy atom. The molecule has 2 aliphatic heterocycles. The van der Waals surface area contributed by atoms with Crippen LogP contribution in [-0.4, -0.2) is 52.2 Å². The molecule has 3 heterocycles. The number of benzene rings is 1. The van der Waals surface area contributed by atoms with Crippen molar-refractivity contribution < 1.29 is 13.9 Å². The average molecular weight is 359 g/mol. The summed E-state index contributed by atoms with van der Waals surface area (Å²) in [5.74, 6) is -0.189. The summed E-state index contributed by atoms with van der Waals surface area (Å²) in [6, 6.07) is 6.31. The van der Waals surface area contributed by atoms with Crippen molar-refractivity contribution in [2.45, 2.75) is 26.0 Å². The average Bonchev–Trinajstić information content (AvgIpc) is 3.26. The van der Waals surface area contributed by atoms with Gasteiger partial charge < -0.3 is 15.0 Å². The minimum absolute atomic E-state index is 0.00832. The summed E-state index contributed by atoms with van der Waals surface area (Å²) >= 11 is 0. The van der Waals surface area contributed by atoms with Gasteiger partial charge in [0.2, 0.25) is 0 Å². The molecule has 7 nitrogen and oxygen atoms in total. The molecule has 1 aromatic heterocycles. The molecule has 2 aliphatic rings. The van der Waals surface area contributed by atoms with E-state index in [9.17, 15) is 9.18 Å². The number of carbonyl (C=O) groups is 1. The summed E-state index contributed by atoms with van der Waals surface area (Å²) < 4.78 is 21.1. The van der Waals surface area contributed by atoms with Crippen LogP contribution in [-0.2, 0) is 17.9 Å². The number of amides is 2. The predicted octanol–water partition coefficient (Wildman–Crippen LogP) is 2.04. The second kappa shape index (κ2) is 7.41. The van der Waals surface area contributed by atoms with Gasteiger partial charge in [0.1, 0.15) is 11.5 Å². The van der Waals surface area contributed by atoms with Gasteiger partial charge >= 0.3 is 6.03 Å². The monoisotopic (exact) mass is 359 g/mol. The number of hydrogen-bond acceptors (Lipinski definition) is 4. The van der Waals surface area contributed by atoms with Crippen LogP contribution < -0.4 is 5.32 Å². The van der Waals surface area contributed by atoms with E-state index in [2.05, 4.69) is 15.6 Å². The summed E-state index contributed by atoms with van der Waals surface area (Å²) in [5.41, 5.74) is 2.17. The third kappa shape index (κ3) is 3.55. The predicted molar refractivity (Wildman–Crippen MR) is 92.8 cm³/mol. The highest BCUT2D eigenvalue weighted by molar-refractivity contribution is 5.74. The Labute approximate surface area is 151 Å². The summed E-state index contributed by atoms with van der Waals surface area (Å²) in [6.07, 6.45) is 2.15. The van der Waals surface area contributed by atoms with Crippen LogP contribution in [0.1, 0.15) is 18.5 Å². The number of fused-ring (bicyclic) bond motifs is 1. The Bertz CT molecular complexity index is 788. The highest BCUT2D eigenvalue weighted by Gasteiger charge is 2.24. The van der Waals surface area contributed by atoms with E-state index in [1.54, 1.807) is 10.7 Å². The summed E-state index contributed by atoms with van der Waals surface area (Å²) in [7, 11) is 0. The first-order chi connectivity index (χ1) is 12.7. The third-order valence-corrected chi connectivity index (χ3v) is 4.89. The Balaban J connectivity index is 1.43. The maximum absolute atomic E-state index is 13.5. The van der Waals surface area contributed by atoms with Gasteiger partial charge in [0.05, 0.1) is 18.9 Å². The van der Waals surface area contributed by atoms with Crippen molar-refractivity contribution in [2.75, 3.05) is 26.2 Å². The number of urea groups is 1. The van der Waals surface area contributed by atoms with Crippen LogP contribution in [0.15, 0.2) is 24.3 Å². The van der Waals surface area contributed by atoms with Crippen molar-refractivity contribution in [3.63, 3.8) is 0 Å². The van der Waals surface area contributed by atoms with Gasteiger partial charge in [-0.05, 0) is 25.0 Å². The first kappa shape index (κ1) is 17.0. The normalized spacial score (nSPS) is 19.9. The molecule has 0 saturated carbocycles. The van der Waals surface area contributed by atoms with Gasteiger partial charge in [0.15, 0.2) is 0 Å². The minimum atomic E-state index is -0.304. The Hall–Kier alpha value is -2.48. The largest absolute Gasteiger partial charge is 0.375 e. The lowest BCUT2D eigenvalue weighted by Gasteiger charge is -2.19. The molecule has 1 fully saturated rings. The molecule has 0 aliphatic carbocycles. The number of ether oxygens (including phenoxy) is 1. The van der Waals surface area contributed by atoms with E-state index >= 15 is 0 Å². The molecule has 1 atom stereocenters. The molecule has 1 aromatic carbocycles. The van der Waals surface area contributed by atoms with E-state index in [-0.39, 0.29) is 17.8 Å². The van der Waals surface area contributed by atoms with Gasteiger partial charge in [-0.15, -0.1) is 5.10 Å². The van der Waals surface area contributed by atoms with E-state index in [0.717, 1.165) is 31.6 Å². The van der Waals surface area contributed by atoms with Crippen molar-refractivity contribution in [3.8, 4) is 11.3 Å². The lowest BCUT2D eigenvalue weighted by molar-refractivity contribution is 0.0943. The van der Waals surface area contributed by atoms with Crippen molar-refractivity contribution in [3.05, 3.63) is 35.8 Å². The Morgan fingerprint density at radius 2 is 2.19 bits per heavy atom. The zero-order chi connectivity index (χ0) is 17.9. The Morgan fingerprint density at radius 1 is 1.35 bits per heavy atom. The van der Waals surface area contributed by atoms with Gasteiger partial charge in [-0.25, -0.2) is 13.9 Å². The van der Waals surface area contributed by atoms with E-state index in [0.29, 0.717) is 37.6 Å². The van der Waals surface area contributed by atoms with Crippen LogP contribution in [0.3, 0.4) is 0 Å². The molecule has 138 valence electrons. The highest BCUT2D eigenvalue weighted by Crippen LogP contribution is 2.25. The number of nitrogens with one attached hydrogen (secondary N) is 1. The second-order valence-corrected chi connectivity index (χ2v) is 6.84. The summed E-state index contributed by atoms with van der Waals surface area (Å²) in [5, 5.41) is 11.4. The molecular weight excluding hydrogens is 337 g/mol. The van der Waals surface area contributed by atoms with Crippen LogP contribution in [0, 0.1) is 11.7 Å². The van der Waals surface area contributed by atoms with E-state index < -0.39 is 0 Å². The van der Waals surface area contributed by atoms with Crippen molar-refractivity contribution in [1.29, 1.82) is 0 Å². The van der Waals surface area contributed by atoms with E-state index in [4.69, 9.17) is 4.74 Å². The lowest BCUT2D eigenvalue weighted by atomic mass is 10.1. The first-order valence-corrected chi connectivity index (χ1v) is 8.99. The number of nitrogens with zero attached hydrogens (tertiary/aromatic N) is 4. The number of halogens is 1. The number of carbonyl (C=O) groups excluding carboxylic acids is 1. The number of hydrogen-bond donors (Lipinski definition) is 1. The standard InChI is InChI=1S/C18H22FN5O2/c19-15-5-3-4-14(8-15)17-16-12-26-11-13(10-24(16)22-21-17)9-20-18(25)23-6-1-2-7-23/h3-5,8,13H,1-2,6-7,9-12H2,(H,20,25). The van der Waals surface area contributed by atoms with Crippen LogP contribution in [0.5, 0.6) is 0 Å². The smallest absolute Gasteiger partial charge is 0.317 e. The summed E-state index contributed by atoms with van der Waals surface area (Å²) in [4.78, 5) is 14.0. The summed E-state index contributed by atoms with van der Waals surface area (Å²) in [6.45, 7) is 3.71. The van der Waals surface area contributed by atoms with Gasteiger partial charge in [-0.1, -0.05) is 17.3 Å². The van der Waals surface area contributed by atoms with Crippen molar-refractivity contribution >= 4 is 6.03 Å². The molecule has 2 amide bonds. The van der Waals surface area contributed by atoms with E-state index in [1.807, 2.05) is 11.0 Å². The fourth-order valence-electron chi connectivity index (χ4n) is 3.49. The topological polar surface area (TPSA) is 72.3 Å². The van der Waals surface area contributed by atoms with Crippen LogP contribution in [0.2, 0.25) is 0 Å². The molecule has 0 bridgehead atoms. The molecule has 0 spiro atoms. The lowest BCUT2D eigenvalue weighted by Crippen LogP contribution is -2.41. The van der Waals surface area contributed by atoms with Gasteiger partial charge in [0, 0.05) is 37.7 Å². The molecule has 8 heteroatoms. The third-order valence-electron chi connectivity index (χ3n) is 4.89. The molecular formula is C18H22FN5O2. The van der Waals surface area contributed by atoms with Gasteiger partial charge in [0.25, 0.3) is 0 Å². The Kier molecular flexibility index (Phi) is 4.83. The van der Waals surface area contributed by atoms with Crippen LogP contribution >= 0.6 is 0 Å². The fraction of sp³-hybridized carbons (Fsp3) is 0.500. The maximum Gasteiger partial charge on any atom is 0.317 e. The fourth-order valence-corrected chi connectivity index (χ4v) is 3.49. The van der Waals surface area contributed by atoms with E-state index in [1.165, 1.54) is 12.1 Å². The van der Waals surface area contributed by atoms with Gasteiger partial charge in [-0.3, -0.25) is 0 Å². The molecule has 0 radical (unpaired) electrons.